The van der Waals surface area contributed by atoms with Crippen LogP contribution < -0.4 is 5.32 Å². The lowest BCUT2D eigenvalue weighted by Gasteiger charge is -2.12. The minimum absolute atomic E-state index is 0.0487. The Morgan fingerprint density at radius 3 is 3.16 bits per heavy atom. The summed E-state index contributed by atoms with van der Waals surface area (Å²) in [6.07, 6.45) is -0.125. The van der Waals surface area contributed by atoms with Crippen LogP contribution in [0.15, 0.2) is 27.1 Å². The summed E-state index contributed by atoms with van der Waals surface area (Å²) in [5.74, 6) is 0. The van der Waals surface area contributed by atoms with Crippen LogP contribution in [0.25, 0.3) is 11.1 Å². The van der Waals surface area contributed by atoms with Crippen molar-refractivity contribution in [3.05, 3.63) is 22.7 Å². The van der Waals surface area contributed by atoms with Gasteiger partial charge < -0.3 is 19.7 Å². The van der Waals surface area contributed by atoms with Gasteiger partial charge in [-0.15, -0.1) is 0 Å². The lowest BCUT2D eigenvalue weighted by molar-refractivity contribution is 0.155. The van der Waals surface area contributed by atoms with Crippen molar-refractivity contribution in [1.82, 2.24) is 9.88 Å². The third-order valence-electron chi connectivity index (χ3n) is 3.14. The molecule has 0 unspecified atom stereocenters. The number of aromatic nitrogens is 1. The molecule has 0 spiro atoms. The largest absolute Gasteiger partial charge is 0.465 e. The van der Waals surface area contributed by atoms with Gasteiger partial charge in [0.15, 0.2) is 5.58 Å². The van der Waals surface area contributed by atoms with Crippen LogP contribution in [0.2, 0.25) is 0 Å². The number of likely N-dealkylation sites (tertiary alicyclic amines) is 1. The molecule has 100 valence electrons. The molecule has 19 heavy (non-hydrogen) atoms. The number of carbonyl (C=O) groups is 1. The third-order valence-corrected chi connectivity index (χ3v) is 3.63. The Morgan fingerprint density at radius 2 is 2.42 bits per heavy atom. The quantitative estimate of drug-likeness (QED) is 0.887. The highest BCUT2D eigenvalue weighted by atomic mass is 79.9. The van der Waals surface area contributed by atoms with Gasteiger partial charge in [0.1, 0.15) is 5.52 Å². The number of nitrogens with zero attached hydrogens (tertiary/aromatic N) is 2. The average Bonchev–Trinajstić information content (AvgIpc) is 2.95. The number of anilines is 1. The zero-order valence-electron chi connectivity index (χ0n) is 9.97. The van der Waals surface area contributed by atoms with Crippen LogP contribution in [0.4, 0.5) is 10.8 Å². The van der Waals surface area contributed by atoms with E-state index < -0.39 is 6.09 Å². The molecule has 0 radical (unpaired) electrons. The highest BCUT2D eigenvalue weighted by Gasteiger charge is 2.26. The molecule has 2 heterocycles. The first kappa shape index (κ1) is 12.3. The molecule has 0 saturated carbocycles. The monoisotopic (exact) mass is 325 g/mol. The van der Waals surface area contributed by atoms with E-state index in [-0.39, 0.29) is 6.04 Å². The Bertz CT molecular complexity index is 628. The van der Waals surface area contributed by atoms with Gasteiger partial charge in [-0.3, -0.25) is 0 Å². The number of oxazole rings is 1. The van der Waals surface area contributed by atoms with E-state index in [0.717, 1.165) is 16.4 Å². The second-order valence-electron chi connectivity index (χ2n) is 4.49. The van der Waals surface area contributed by atoms with E-state index in [1.54, 1.807) is 0 Å². The molecule has 0 bridgehead atoms. The minimum atomic E-state index is -0.884. The highest BCUT2D eigenvalue weighted by molar-refractivity contribution is 9.10. The zero-order valence-corrected chi connectivity index (χ0v) is 11.6. The summed E-state index contributed by atoms with van der Waals surface area (Å²) in [4.78, 5) is 16.6. The molecule has 0 aliphatic carbocycles. The van der Waals surface area contributed by atoms with Gasteiger partial charge in [-0.05, 0) is 24.6 Å². The molecule has 1 amide bonds. The molecule has 1 aliphatic heterocycles. The van der Waals surface area contributed by atoms with E-state index in [1.165, 1.54) is 4.90 Å². The standard InChI is InChI=1S/C12H12BrN3O3/c13-7-1-2-10-9(5-7)15-11(19-10)14-8-3-4-16(6-8)12(17)18/h1-2,5,8H,3-4,6H2,(H,14,15)(H,17,18)/t8-/m1/s1. The van der Waals surface area contributed by atoms with Crippen molar-refractivity contribution >= 4 is 39.1 Å². The first-order valence-corrected chi connectivity index (χ1v) is 6.71. The van der Waals surface area contributed by atoms with Gasteiger partial charge in [0, 0.05) is 23.6 Å². The fraction of sp³-hybridized carbons (Fsp3) is 0.333. The van der Waals surface area contributed by atoms with E-state index in [9.17, 15) is 4.79 Å². The molecule has 2 N–H and O–H groups in total. The SMILES string of the molecule is O=C(O)N1CC[C@@H](Nc2nc3cc(Br)ccc3o2)C1. The number of nitrogens with one attached hydrogen (secondary N) is 1. The van der Waals surface area contributed by atoms with Crippen molar-refractivity contribution in [2.75, 3.05) is 18.4 Å². The van der Waals surface area contributed by atoms with Crippen LogP contribution in [0, 0.1) is 0 Å². The van der Waals surface area contributed by atoms with Crippen molar-refractivity contribution in [1.29, 1.82) is 0 Å². The number of rotatable bonds is 2. The van der Waals surface area contributed by atoms with Crippen LogP contribution >= 0.6 is 15.9 Å². The molecule has 2 aromatic rings. The Morgan fingerprint density at radius 1 is 1.58 bits per heavy atom. The van der Waals surface area contributed by atoms with E-state index in [0.29, 0.717) is 24.7 Å². The third kappa shape index (κ3) is 2.51. The molecule has 1 aromatic heterocycles. The summed E-state index contributed by atoms with van der Waals surface area (Å²) >= 11 is 3.38. The Kier molecular flexibility index (Phi) is 3.06. The summed E-state index contributed by atoms with van der Waals surface area (Å²) in [6.45, 7) is 0.997. The Hall–Kier alpha value is -1.76. The van der Waals surface area contributed by atoms with E-state index >= 15 is 0 Å². The molecular formula is C12H12BrN3O3. The fourth-order valence-corrected chi connectivity index (χ4v) is 2.54. The predicted molar refractivity (Wildman–Crippen MR) is 73.3 cm³/mol. The van der Waals surface area contributed by atoms with Crippen molar-refractivity contribution in [2.45, 2.75) is 12.5 Å². The lowest BCUT2D eigenvalue weighted by Crippen LogP contribution is -2.30. The van der Waals surface area contributed by atoms with Crippen molar-refractivity contribution in [3.63, 3.8) is 0 Å². The van der Waals surface area contributed by atoms with E-state index in [1.807, 2.05) is 18.2 Å². The maximum atomic E-state index is 10.8. The maximum absolute atomic E-state index is 10.8. The van der Waals surface area contributed by atoms with Gasteiger partial charge in [0.25, 0.3) is 6.01 Å². The molecule has 1 aromatic carbocycles. The van der Waals surface area contributed by atoms with Gasteiger partial charge in [-0.25, -0.2) is 4.79 Å². The Balaban J connectivity index is 1.73. The molecule has 1 atom stereocenters. The summed E-state index contributed by atoms with van der Waals surface area (Å²) in [5, 5.41) is 12.0. The van der Waals surface area contributed by atoms with E-state index in [4.69, 9.17) is 9.52 Å². The summed E-state index contributed by atoms with van der Waals surface area (Å²) in [7, 11) is 0. The number of fused-ring (bicyclic) bond motifs is 1. The van der Waals surface area contributed by atoms with Crippen LogP contribution in [-0.4, -0.2) is 40.2 Å². The van der Waals surface area contributed by atoms with Crippen LogP contribution in [0.1, 0.15) is 6.42 Å². The zero-order chi connectivity index (χ0) is 13.4. The molecular weight excluding hydrogens is 314 g/mol. The van der Waals surface area contributed by atoms with Crippen LogP contribution in [0.3, 0.4) is 0 Å². The van der Waals surface area contributed by atoms with Crippen molar-refractivity contribution in [2.24, 2.45) is 0 Å². The topological polar surface area (TPSA) is 78.6 Å². The Labute approximate surface area is 117 Å². The smallest absolute Gasteiger partial charge is 0.407 e. The molecule has 1 saturated heterocycles. The number of amides is 1. The van der Waals surface area contributed by atoms with E-state index in [2.05, 4.69) is 26.2 Å². The lowest BCUT2D eigenvalue weighted by atomic mass is 10.3. The van der Waals surface area contributed by atoms with Gasteiger partial charge >= 0.3 is 6.09 Å². The molecule has 7 heteroatoms. The van der Waals surface area contributed by atoms with Crippen LogP contribution in [-0.2, 0) is 0 Å². The predicted octanol–water partition coefficient (Wildman–Crippen LogP) is 2.75. The second-order valence-corrected chi connectivity index (χ2v) is 5.41. The molecule has 3 rings (SSSR count). The summed E-state index contributed by atoms with van der Waals surface area (Å²) in [6, 6.07) is 6.09. The maximum Gasteiger partial charge on any atom is 0.407 e. The summed E-state index contributed by atoms with van der Waals surface area (Å²) < 4.78 is 6.51. The van der Waals surface area contributed by atoms with Gasteiger partial charge in [-0.1, -0.05) is 15.9 Å². The van der Waals surface area contributed by atoms with Gasteiger partial charge in [0.05, 0.1) is 0 Å². The number of hydrogen-bond donors (Lipinski definition) is 2. The number of carboxylic acid groups (broad SMARTS) is 1. The molecule has 6 nitrogen and oxygen atoms in total. The molecule has 1 aliphatic rings. The summed E-state index contributed by atoms with van der Waals surface area (Å²) in [5.41, 5.74) is 1.48. The average molecular weight is 326 g/mol. The minimum Gasteiger partial charge on any atom is -0.465 e. The fourth-order valence-electron chi connectivity index (χ4n) is 2.19. The first-order chi connectivity index (χ1) is 9.11. The highest BCUT2D eigenvalue weighted by Crippen LogP contribution is 2.24. The number of hydrogen-bond acceptors (Lipinski definition) is 4. The van der Waals surface area contributed by atoms with Gasteiger partial charge in [0.2, 0.25) is 0 Å². The number of benzene rings is 1. The second kappa shape index (κ2) is 4.73. The van der Waals surface area contributed by atoms with Crippen molar-refractivity contribution < 1.29 is 14.3 Å². The van der Waals surface area contributed by atoms with Crippen molar-refractivity contribution in [3.8, 4) is 0 Å². The van der Waals surface area contributed by atoms with Gasteiger partial charge in [-0.2, -0.15) is 4.98 Å². The molecule has 1 fully saturated rings. The normalized spacial score (nSPS) is 19.0. The first-order valence-electron chi connectivity index (χ1n) is 5.92. The van der Waals surface area contributed by atoms with Crippen LogP contribution in [0.5, 0.6) is 0 Å². The number of halogens is 1.